The number of carbonyl (C=O) groups excluding carboxylic acids is 2. The number of likely N-dealkylation sites (tertiary alicyclic amines) is 1. The third-order valence-electron chi connectivity index (χ3n) is 4.27. The molecule has 0 atom stereocenters. The number of nitrogens with zero attached hydrogens (tertiary/aromatic N) is 2. The number of rotatable bonds is 6. The van der Waals surface area contributed by atoms with E-state index >= 15 is 0 Å². The van der Waals surface area contributed by atoms with E-state index in [-0.39, 0.29) is 24.0 Å². The number of anilines is 1. The third-order valence-corrected chi connectivity index (χ3v) is 4.27. The summed E-state index contributed by atoms with van der Waals surface area (Å²) < 4.78 is 0. The molecule has 0 aliphatic carbocycles. The minimum atomic E-state index is -0.270. The predicted octanol–water partition coefficient (Wildman–Crippen LogP) is 2.28. The molecule has 2 rings (SSSR count). The number of benzene rings is 1. The van der Waals surface area contributed by atoms with Gasteiger partial charge in [-0.3, -0.25) is 4.79 Å². The molecule has 1 heterocycles. The first-order chi connectivity index (χ1) is 13.8. The molecular formula is C21H34N6O2. The molecule has 0 spiro atoms. The van der Waals surface area contributed by atoms with Crippen molar-refractivity contribution in [2.45, 2.75) is 52.6 Å². The fourth-order valence-electron chi connectivity index (χ4n) is 3.01. The van der Waals surface area contributed by atoms with E-state index in [0.29, 0.717) is 19.0 Å². The van der Waals surface area contributed by atoms with Crippen LogP contribution in [-0.4, -0.2) is 54.5 Å². The van der Waals surface area contributed by atoms with E-state index in [1.807, 2.05) is 56.9 Å². The summed E-state index contributed by atoms with van der Waals surface area (Å²) >= 11 is 0. The summed E-state index contributed by atoms with van der Waals surface area (Å²) in [7, 11) is 0. The molecule has 160 valence electrons. The molecule has 8 heteroatoms. The molecule has 1 fully saturated rings. The zero-order valence-corrected chi connectivity index (χ0v) is 18.0. The summed E-state index contributed by atoms with van der Waals surface area (Å²) in [5, 5.41) is 12.0. The van der Waals surface area contributed by atoms with Crippen LogP contribution in [0.15, 0.2) is 29.3 Å². The molecule has 3 amide bonds. The van der Waals surface area contributed by atoms with Crippen molar-refractivity contribution < 1.29 is 9.59 Å². The topological polar surface area (TPSA) is 97.9 Å². The number of nitrogens with one attached hydrogen (secondary N) is 4. The van der Waals surface area contributed by atoms with Crippen LogP contribution in [0.3, 0.4) is 0 Å². The van der Waals surface area contributed by atoms with Gasteiger partial charge in [0.2, 0.25) is 5.91 Å². The van der Waals surface area contributed by atoms with E-state index in [4.69, 9.17) is 0 Å². The highest BCUT2D eigenvalue weighted by atomic mass is 16.2. The Kier molecular flexibility index (Phi) is 8.30. The molecule has 1 aliphatic rings. The highest BCUT2D eigenvalue weighted by molar-refractivity contribution is 5.89. The van der Waals surface area contributed by atoms with E-state index < -0.39 is 0 Å². The molecule has 0 unspecified atom stereocenters. The van der Waals surface area contributed by atoms with Crippen molar-refractivity contribution in [2.24, 2.45) is 4.99 Å². The largest absolute Gasteiger partial charge is 0.357 e. The van der Waals surface area contributed by atoms with Crippen LogP contribution in [0.2, 0.25) is 0 Å². The lowest BCUT2D eigenvalue weighted by atomic mass is 10.1. The molecular weight excluding hydrogens is 368 g/mol. The van der Waals surface area contributed by atoms with Crippen LogP contribution in [0.1, 0.15) is 46.1 Å². The maximum absolute atomic E-state index is 12.3. The van der Waals surface area contributed by atoms with Gasteiger partial charge in [0, 0.05) is 30.9 Å². The van der Waals surface area contributed by atoms with Crippen molar-refractivity contribution in [1.29, 1.82) is 0 Å². The Labute approximate surface area is 173 Å². The Bertz CT molecular complexity index is 720. The Hall–Kier alpha value is -2.77. The summed E-state index contributed by atoms with van der Waals surface area (Å²) in [4.78, 5) is 30.6. The molecule has 0 saturated carbocycles. The maximum atomic E-state index is 12.3. The van der Waals surface area contributed by atoms with Gasteiger partial charge in [-0.2, -0.15) is 0 Å². The number of urea groups is 1. The Morgan fingerprint density at radius 3 is 2.52 bits per heavy atom. The third kappa shape index (κ3) is 8.41. The van der Waals surface area contributed by atoms with Gasteiger partial charge >= 0.3 is 6.03 Å². The van der Waals surface area contributed by atoms with Crippen LogP contribution in [-0.2, 0) is 11.3 Å². The highest BCUT2D eigenvalue weighted by Gasteiger charge is 2.17. The number of hydrogen-bond acceptors (Lipinski definition) is 3. The van der Waals surface area contributed by atoms with Crippen molar-refractivity contribution in [3.05, 3.63) is 29.8 Å². The van der Waals surface area contributed by atoms with Crippen LogP contribution < -0.4 is 21.3 Å². The first-order valence-corrected chi connectivity index (χ1v) is 10.2. The van der Waals surface area contributed by atoms with E-state index in [2.05, 4.69) is 26.3 Å². The lowest BCUT2D eigenvalue weighted by Crippen LogP contribution is -2.48. The quantitative estimate of drug-likeness (QED) is 0.433. The van der Waals surface area contributed by atoms with E-state index in [0.717, 1.165) is 37.2 Å². The Balaban J connectivity index is 1.92. The number of aliphatic imine (C=N–C) groups is 1. The normalized spacial score (nSPS) is 14.5. The fourth-order valence-corrected chi connectivity index (χ4v) is 3.01. The molecule has 1 aromatic carbocycles. The SMILES string of the molecule is CCNC(=NCc1cccc(NC(=O)N2CCCC2)c1)NCC(=O)NC(C)(C)C. The van der Waals surface area contributed by atoms with Crippen molar-refractivity contribution in [3.63, 3.8) is 0 Å². The molecule has 29 heavy (non-hydrogen) atoms. The molecule has 4 N–H and O–H groups in total. The first-order valence-electron chi connectivity index (χ1n) is 10.2. The van der Waals surface area contributed by atoms with Crippen molar-refractivity contribution in [2.75, 3.05) is 31.5 Å². The molecule has 0 aromatic heterocycles. The second kappa shape index (κ2) is 10.7. The molecule has 1 saturated heterocycles. The first kappa shape index (κ1) is 22.5. The van der Waals surface area contributed by atoms with E-state index in [1.54, 1.807) is 0 Å². The fraction of sp³-hybridized carbons (Fsp3) is 0.571. The number of guanidine groups is 1. The summed E-state index contributed by atoms with van der Waals surface area (Å²) in [5.41, 5.74) is 1.46. The molecule has 8 nitrogen and oxygen atoms in total. The van der Waals surface area contributed by atoms with Gasteiger partial charge in [-0.25, -0.2) is 9.79 Å². The molecule has 1 aliphatic heterocycles. The average molecular weight is 403 g/mol. The van der Waals surface area contributed by atoms with Crippen LogP contribution in [0.4, 0.5) is 10.5 Å². The monoisotopic (exact) mass is 402 g/mol. The second-order valence-corrected chi connectivity index (χ2v) is 8.17. The number of hydrogen-bond donors (Lipinski definition) is 4. The van der Waals surface area contributed by atoms with Gasteiger partial charge in [0.05, 0.1) is 13.1 Å². The molecule has 0 radical (unpaired) electrons. The highest BCUT2D eigenvalue weighted by Crippen LogP contribution is 2.14. The Morgan fingerprint density at radius 2 is 1.86 bits per heavy atom. The molecule has 1 aromatic rings. The van der Waals surface area contributed by atoms with Crippen LogP contribution in [0.25, 0.3) is 0 Å². The van der Waals surface area contributed by atoms with Crippen LogP contribution >= 0.6 is 0 Å². The van der Waals surface area contributed by atoms with Crippen molar-refractivity contribution >= 4 is 23.6 Å². The van der Waals surface area contributed by atoms with E-state index in [9.17, 15) is 9.59 Å². The summed E-state index contributed by atoms with van der Waals surface area (Å²) in [6, 6.07) is 7.62. The van der Waals surface area contributed by atoms with Gasteiger partial charge < -0.3 is 26.2 Å². The van der Waals surface area contributed by atoms with Crippen LogP contribution in [0, 0.1) is 0 Å². The minimum Gasteiger partial charge on any atom is -0.357 e. The summed E-state index contributed by atoms with van der Waals surface area (Å²) in [5.74, 6) is 0.484. The van der Waals surface area contributed by atoms with Gasteiger partial charge in [0.25, 0.3) is 0 Å². The number of carbonyl (C=O) groups is 2. The lowest BCUT2D eigenvalue weighted by molar-refractivity contribution is -0.121. The van der Waals surface area contributed by atoms with Gasteiger partial charge in [-0.05, 0) is 58.2 Å². The summed E-state index contributed by atoms with van der Waals surface area (Å²) in [6.45, 7) is 10.7. The Morgan fingerprint density at radius 1 is 1.14 bits per heavy atom. The van der Waals surface area contributed by atoms with Gasteiger partial charge in [-0.1, -0.05) is 12.1 Å². The number of amides is 3. The summed E-state index contributed by atoms with van der Waals surface area (Å²) in [6.07, 6.45) is 2.13. The van der Waals surface area contributed by atoms with Crippen molar-refractivity contribution in [3.8, 4) is 0 Å². The zero-order valence-electron chi connectivity index (χ0n) is 18.0. The zero-order chi connectivity index (χ0) is 21.3. The van der Waals surface area contributed by atoms with Gasteiger partial charge in [0.15, 0.2) is 5.96 Å². The molecule has 0 bridgehead atoms. The van der Waals surface area contributed by atoms with E-state index in [1.165, 1.54) is 0 Å². The van der Waals surface area contributed by atoms with Gasteiger partial charge in [0.1, 0.15) is 0 Å². The lowest BCUT2D eigenvalue weighted by Gasteiger charge is -2.21. The standard InChI is InChI=1S/C21H34N6O2/c1-5-22-19(24-15-18(28)26-21(2,3)4)23-14-16-9-8-10-17(13-16)25-20(29)27-11-6-7-12-27/h8-10,13H,5-7,11-12,14-15H2,1-4H3,(H,25,29)(H,26,28)(H2,22,23,24). The van der Waals surface area contributed by atoms with Crippen molar-refractivity contribution in [1.82, 2.24) is 20.9 Å². The second-order valence-electron chi connectivity index (χ2n) is 8.17. The van der Waals surface area contributed by atoms with Gasteiger partial charge in [-0.15, -0.1) is 0 Å². The smallest absolute Gasteiger partial charge is 0.321 e. The average Bonchev–Trinajstić information content (AvgIpc) is 3.18. The maximum Gasteiger partial charge on any atom is 0.321 e. The minimum absolute atomic E-state index is 0.0528. The predicted molar refractivity (Wildman–Crippen MR) is 117 cm³/mol. The van der Waals surface area contributed by atoms with Crippen LogP contribution in [0.5, 0.6) is 0 Å².